The molecule has 0 saturated carbocycles. The number of phenolic OH excluding ortho intramolecular Hbond substituents is 1. The van der Waals surface area contributed by atoms with E-state index < -0.39 is 0 Å². The van der Waals surface area contributed by atoms with Crippen molar-refractivity contribution >= 4 is 15.9 Å². The fourth-order valence-electron chi connectivity index (χ4n) is 2.37. The first-order valence-corrected chi connectivity index (χ1v) is 6.93. The van der Waals surface area contributed by atoms with Crippen LogP contribution in [0.4, 0.5) is 0 Å². The highest BCUT2D eigenvalue weighted by molar-refractivity contribution is 9.10. The summed E-state index contributed by atoms with van der Waals surface area (Å²) >= 11 is 3.45. The van der Waals surface area contributed by atoms with Crippen LogP contribution in [0, 0.1) is 0 Å². The topological polar surface area (TPSA) is 55.5 Å². The molecule has 0 bridgehead atoms. The van der Waals surface area contributed by atoms with E-state index in [1.807, 2.05) is 30.3 Å². The second-order valence-electron chi connectivity index (χ2n) is 4.72. The van der Waals surface area contributed by atoms with Crippen LogP contribution in [-0.2, 0) is 0 Å². The second kappa shape index (κ2) is 4.87. The summed E-state index contributed by atoms with van der Waals surface area (Å²) in [4.78, 5) is 0. The predicted molar refractivity (Wildman–Crippen MR) is 77.2 cm³/mol. The van der Waals surface area contributed by atoms with Crippen LogP contribution < -0.4 is 10.5 Å². The maximum absolute atomic E-state index is 9.32. The molecular formula is C15H14BrNO2. The molecule has 1 aliphatic rings. The molecule has 3 N–H and O–H groups in total. The predicted octanol–water partition coefficient (Wildman–Crippen LogP) is 3.68. The lowest BCUT2D eigenvalue weighted by Crippen LogP contribution is -2.24. The number of ether oxygens (including phenoxy) is 1. The molecule has 0 aromatic heterocycles. The Morgan fingerprint density at radius 3 is 2.63 bits per heavy atom. The van der Waals surface area contributed by atoms with Gasteiger partial charge in [-0.05, 0) is 35.9 Å². The first-order chi connectivity index (χ1) is 9.13. The molecule has 2 unspecified atom stereocenters. The van der Waals surface area contributed by atoms with Crippen molar-refractivity contribution in [3.63, 3.8) is 0 Å². The summed E-state index contributed by atoms with van der Waals surface area (Å²) in [6, 6.07) is 12.9. The number of benzene rings is 2. The third-order valence-electron chi connectivity index (χ3n) is 3.37. The first-order valence-electron chi connectivity index (χ1n) is 6.14. The standard InChI is InChI=1S/C15H14BrNO2/c16-10-3-6-14-12(7-10)13(17)8-15(19-14)9-1-4-11(18)5-2-9/h1-7,13,15,18H,8,17H2. The minimum absolute atomic E-state index is 0.0416. The van der Waals surface area contributed by atoms with Crippen molar-refractivity contribution in [3.8, 4) is 11.5 Å². The Labute approximate surface area is 120 Å². The maximum Gasteiger partial charge on any atom is 0.126 e. The molecule has 3 nitrogen and oxygen atoms in total. The van der Waals surface area contributed by atoms with Crippen LogP contribution >= 0.6 is 15.9 Å². The lowest BCUT2D eigenvalue weighted by Gasteiger charge is -2.30. The molecule has 0 saturated heterocycles. The molecule has 0 fully saturated rings. The maximum atomic E-state index is 9.32. The van der Waals surface area contributed by atoms with E-state index in [9.17, 15) is 5.11 Å². The third-order valence-corrected chi connectivity index (χ3v) is 3.87. The van der Waals surface area contributed by atoms with E-state index in [0.717, 1.165) is 27.8 Å². The van der Waals surface area contributed by atoms with Gasteiger partial charge in [0, 0.05) is 22.5 Å². The van der Waals surface area contributed by atoms with Gasteiger partial charge in [0.05, 0.1) is 0 Å². The molecule has 98 valence electrons. The molecule has 19 heavy (non-hydrogen) atoms. The number of nitrogens with two attached hydrogens (primary N) is 1. The number of fused-ring (bicyclic) bond motifs is 1. The molecule has 0 aliphatic carbocycles. The van der Waals surface area contributed by atoms with E-state index >= 15 is 0 Å². The summed E-state index contributed by atoms with van der Waals surface area (Å²) in [5, 5.41) is 9.32. The highest BCUT2D eigenvalue weighted by Crippen LogP contribution is 2.40. The molecular weight excluding hydrogens is 306 g/mol. The normalized spacial score (nSPS) is 21.6. The Balaban J connectivity index is 1.92. The van der Waals surface area contributed by atoms with Gasteiger partial charge in [0.1, 0.15) is 17.6 Å². The number of aromatic hydroxyl groups is 1. The number of hydrogen-bond acceptors (Lipinski definition) is 3. The van der Waals surface area contributed by atoms with Crippen molar-refractivity contribution in [2.45, 2.75) is 18.6 Å². The molecule has 2 aromatic carbocycles. The average molecular weight is 320 g/mol. The molecule has 0 amide bonds. The van der Waals surface area contributed by atoms with Gasteiger partial charge in [-0.3, -0.25) is 0 Å². The zero-order valence-electron chi connectivity index (χ0n) is 10.2. The summed E-state index contributed by atoms with van der Waals surface area (Å²) in [5.74, 6) is 1.09. The van der Waals surface area contributed by atoms with Crippen LogP contribution in [-0.4, -0.2) is 5.11 Å². The van der Waals surface area contributed by atoms with Crippen LogP contribution in [0.2, 0.25) is 0 Å². The van der Waals surface area contributed by atoms with Gasteiger partial charge in [0.15, 0.2) is 0 Å². The van der Waals surface area contributed by atoms with Gasteiger partial charge in [0.2, 0.25) is 0 Å². The van der Waals surface area contributed by atoms with Gasteiger partial charge < -0.3 is 15.6 Å². The zero-order chi connectivity index (χ0) is 13.4. The SMILES string of the molecule is NC1CC(c2ccc(O)cc2)Oc2ccc(Br)cc21. The highest BCUT2D eigenvalue weighted by Gasteiger charge is 2.27. The number of phenols is 1. The Bertz CT molecular complexity index is 598. The molecule has 2 aromatic rings. The van der Waals surface area contributed by atoms with E-state index in [1.54, 1.807) is 12.1 Å². The third kappa shape index (κ3) is 2.46. The van der Waals surface area contributed by atoms with Crippen molar-refractivity contribution in [2.24, 2.45) is 5.73 Å². The van der Waals surface area contributed by atoms with Gasteiger partial charge >= 0.3 is 0 Å². The van der Waals surface area contributed by atoms with E-state index in [2.05, 4.69) is 15.9 Å². The fraction of sp³-hybridized carbons (Fsp3) is 0.200. The van der Waals surface area contributed by atoms with Gasteiger partial charge in [-0.25, -0.2) is 0 Å². The van der Waals surface area contributed by atoms with Gasteiger partial charge in [-0.2, -0.15) is 0 Å². The van der Waals surface area contributed by atoms with Crippen molar-refractivity contribution in [1.82, 2.24) is 0 Å². The van der Waals surface area contributed by atoms with E-state index in [0.29, 0.717) is 0 Å². The largest absolute Gasteiger partial charge is 0.508 e. The second-order valence-corrected chi connectivity index (χ2v) is 5.64. The van der Waals surface area contributed by atoms with Gasteiger partial charge in [0.25, 0.3) is 0 Å². The van der Waals surface area contributed by atoms with Gasteiger partial charge in [-0.15, -0.1) is 0 Å². The Hall–Kier alpha value is -1.52. The fourth-order valence-corrected chi connectivity index (χ4v) is 2.75. The molecule has 2 atom stereocenters. The molecule has 0 radical (unpaired) electrons. The minimum Gasteiger partial charge on any atom is -0.508 e. The molecule has 0 spiro atoms. The Kier molecular flexibility index (Phi) is 3.21. The van der Waals surface area contributed by atoms with Crippen LogP contribution in [0.25, 0.3) is 0 Å². The Morgan fingerprint density at radius 1 is 1.16 bits per heavy atom. The average Bonchev–Trinajstić information content (AvgIpc) is 2.40. The smallest absolute Gasteiger partial charge is 0.126 e. The van der Waals surface area contributed by atoms with Crippen molar-refractivity contribution in [3.05, 3.63) is 58.1 Å². The highest BCUT2D eigenvalue weighted by atomic mass is 79.9. The molecule has 3 rings (SSSR count). The molecule has 4 heteroatoms. The summed E-state index contributed by atoms with van der Waals surface area (Å²) in [5.41, 5.74) is 8.28. The zero-order valence-corrected chi connectivity index (χ0v) is 11.8. The van der Waals surface area contributed by atoms with Crippen LogP contribution in [0.15, 0.2) is 46.9 Å². The number of rotatable bonds is 1. The van der Waals surface area contributed by atoms with Crippen LogP contribution in [0.3, 0.4) is 0 Å². The number of hydrogen-bond donors (Lipinski definition) is 2. The van der Waals surface area contributed by atoms with E-state index in [-0.39, 0.29) is 17.9 Å². The lowest BCUT2D eigenvalue weighted by atomic mass is 9.93. The number of halogens is 1. The summed E-state index contributed by atoms with van der Waals surface area (Å²) < 4.78 is 7.01. The quantitative estimate of drug-likeness (QED) is 0.843. The lowest BCUT2D eigenvalue weighted by molar-refractivity contribution is 0.161. The monoisotopic (exact) mass is 319 g/mol. The summed E-state index contributed by atoms with van der Waals surface area (Å²) in [7, 11) is 0. The van der Waals surface area contributed by atoms with E-state index in [4.69, 9.17) is 10.5 Å². The molecule has 1 aliphatic heterocycles. The summed E-state index contributed by atoms with van der Waals surface area (Å²) in [6.07, 6.45) is 0.665. The molecule has 1 heterocycles. The van der Waals surface area contributed by atoms with Gasteiger partial charge in [-0.1, -0.05) is 28.1 Å². The van der Waals surface area contributed by atoms with Crippen LogP contribution in [0.1, 0.15) is 29.7 Å². The summed E-state index contributed by atoms with van der Waals surface area (Å²) in [6.45, 7) is 0. The van der Waals surface area contributed by atoms with Crippen molar-refractivity contribution < 1.29 is 9.84 Å². The van der Waals surface area contributed by atoms with E-state index in [1.165, 1.54) is 0 Å². The Morgan fingerprint density at radius 2 is 1.89 bits per heavy atom. The minimum atomic E-state index is -0.0655. The van der Waals surface area contributed by atoms with Crippen LogP contribution in [0.5, 0.6) is 11.5 Å². The first kappa shape index (κ1) is 12.5. The van der Waals surface area contributed by atoms with Crippen molar-refractivity contribution in [1.29, 1.82) is 0 Å². The van der Waals surface area contributed by atoms with Crippen molar-refractivity contribution in [2.75, 3.05) is 0 Å².